The number of amides is 1. The molecule has 0 spiro atoms. The van der Waals surface area contributed by atoms with Gasteiger partial charge in [-0.1, -0.05) is 19.1 Å². The van der Waals surface area contributed by atoms with Gasteiger partial charge in [0.25, 0.3) is 5.56 Å². The van der Waals surface area contributed by atoms with Gasteiger partial charge >= 0.3 is 6.18 Å². The summed E-state index contributed by atoms with van der Waals surface area (Å²) in [5, 5.41) is 2.78. The summed E-state index contributed by atoms with van der Waals surface area (Å²) < 4.78 is 41.6. The zero-order valence-electron chi connectivity index (χ0n) is 18.0. The Bertz CT molecular complexity index is 1230. The molecule has 0 aliphatic rings. The summed E-state index contributed by atoms with van der Waals surface area (Å²) in [6.07, 6.45) is -4.81. The van der Waals surface area contributed by atoms with E-state index in [0.29, 0.717) is 5.69 Å². The first-order valence-corrected chi connectivity index (χ1v) is 9.92. The summed E-state index contributed by atoms with van der Waals surface area (Å²) in [4.78, 5) is 29.7. The Morgan fingerprint density at radius 2 is 1.71 bits per heavy atom. The van der Waals surface area contributed by atoms with Crippen molar-refractivity contribution in [2.75, 3.05) is 5.32 Å². The molecule has 1 N–H and O–H groups in total. The van der Waals surface area contributed by atoms with Gasteiger partial charge in [0.1, 0.15) is 6.04 Å². The number of anilines is 1. The quantitative estimate of drug-likeness (QED) is 0.615. The zero-order valence-corrected chi connectivity index (χ0v) is 18.0. The number of hydrogen-bond acceptors (Lipinski definition) is 3. The second kappa shape index (κ2) is 8.17. The van der Waals surface area contributed by atoms with E-state index >= 15 is 0 Å². The van der Waals surface area contributed by atoms with Crippen LogP contribution in [0.4, 0.5) is 18.9 Å². The summed E-state index contributed by atoms with van der Waals surface area (Å²) in [7, 11) is 0. The van der Waals surface area contributed by atoms with Gasteiger partial charge in [-0.3, -0.25) is 14.2 Å². The number of rotatable bonds is 4. The molecule has 8 heteroatoms. The van der Waals surface area contributed by atoms with Crippen LogP contribution in [0, 0.1) is 27.7 Å². The number of benzene rings is 2. The Morgan fingerprint density at radius 3 is 2.32 bits per heavy atom. The molecule has 0 saturated heterocycles. The topological polar surface area (TPSA) is 64.0 Å². The van der Waals surface area contributed by atoms with Crippen molar-refractivity contribution in [2.24, 2.45) is 0 Å². The average Bonchev–Trinajstić information content (AvgIpc) is 2.67. The Hall–Kier alpha value is -3.16. The molecule has 1 amide bonds. The number of carbonyl (C=O) groups is 1. The molecule has 0 aliphatic heterocycles. The summed E-state index contributed by atoms with van der Waals surface area (Å²) in [5.41, 5.74) is 1.18. The highest BCUT2D eigenvalue weighted by Gasteiger charge is 2.38. The van der Waals surface area contributed by atoms with Crippen molar-refractivity contribution in [3.8, 4) is 0 Å². The Kier molecular flexibility index (Phi) is 5.93. The molecule has 0 bridgehead atoms. The van der Waals surface area contributed by atoms with E-state index in [-0.39, 0.29) is 17.5 Å². The summed E-state index contributed by atoms with van der Waals surface area (Å²) in [6, 6.07) is 7.49. The number of halogens is 3. The first kappa shape index (κ1) is 22.5. The molecule has 31 heavy (non-hydrogen) atoms. The third-order valence-corrected chi connectivity index (χ3v) is 5.42. The van der Waals surface area contributed by atoms with E-state index in [0.717, 1.165) is 26.8 Å². The monoisotopic (exact) mass is 431 g/mol. The van der Waals surface area contributed by atoms with Gasteiger partial charge < -0.3 is 5.32 Å². The second-order valence-electron chi connectivity index (χ2n) is 7.79. The maximum absolute atomic E-state index is 13.6. The van der Waals surface area contributed by atoms with Crippen LogP contribution in [0.15, 0.2) is 35.1 Å². The highest BCUT2D eigenvalue weighted by Crippen LogP contribution is 2.29. The molecular formula is C23H24F3N3O2. The van der Waals surface area contributed by atoms with E-state index in [1.165, 1.54) is 6.07 Å². The number of aryl methyl sites for hydroxylation is 4. The van der Waals surface area contributed by atoms with Crippen LogP contribution in [-0.2, 0) is 11.0 Å². The average molecular weight is 431 g/mol. The number of hydrogen-bond donors (Lipinski definition) is 1. The van der Waals surface area contributed by atoms with E-state index in [9.17, 15) is 22.8 Å². The standard InChI is InChI=1S/C23H24F3N3O2/c1-6-18(21(30)28-16-9-12(2)7-8-13(16)3)29-19-11-15(5)14(4)10-17(19)27-20(22(29)31)23(24,25)26/h7-11,18H,6H2,1-5H3,(H,28,30)/t18-/m0/s1. The fourth-order valence-corrected chi connectivity index (χ4v) is 3.53. The number of carbonyl (C=O) groups excluding carboxylic acids is 1. The largest absolute Gasteiger partial charge is 0.438 e. The molecule has 0 saturated carbocycles. The van der Waals surface area contributed by atoms with Crippen LogP contribution in [0.2, 0.25) is 0 Å². The number of alkyl halides is 3. The minimum absolute atomic E-state index is 0.0213. The molecule has 0 aliphatic carbocycles. The molecule has 1 atom stereocenters. The SMILES string of the molecule is CC[C@@H](C(=O)Nc1cc(C)ccc1C)n1c(=O)c(C(F)(F)F)nc2cc(C)c(C)cc21. The van der Waals surface area contributed by atoms with E-state index < -0.39 is 29.4 Å². The fourth-order valence-electron chi connectivity index (χ4n) is 3.53. The van der Waals surface area contributed by atoms with Crippen LogP contribution in [-0.4, -0.2) is 15.5 Å². The van der Waals surface area contributed by atoms with Crippen LogP contribution in [0.25, 0.3) is 11.0 Å². The Morgan fingerprint density at radius 1 is 1.06 bits per heavy atom. The molecule has 164 valence electrons. The number of nitrogens with zero attached hydrogens (tertiary/aromatic N) is 2. The lowest BCUT2D eigenvalue weighted by molar-refractivity contribution is -0.142. The molecular weight excluding hydrogens is 407 g/mol. The molecule has 0 unspecified atom stereocenters. The fraction of sp³-hybridized carbons (Fsp3) is 0.348. The van der Waals surface area contributed by atoms with Crippen molar-refractivity contribution >= 4 is 22.6 Å². The van der Waals surface area contributed by atoms with E-state index in [2.05, 4.69) is 10.3 Å². The minimum Gasteiger partial charge on any atom is -0.324 e. The number of fused-ring (bicyclic) bond motifs is 1. The molecule has 0 fully saturated rings. The normalized spacial score (nSPS) is 12.8. The van der Waals surface area contributed by atoms with E-state index in [1.807, 2.05) is 26.0 Å². The lowest BCUT2D eigenvalue weighted by Crippen LogP contribution is -2.37. The molecule has 3 rings (SSSR count). The lowest BCUT2D eigenvalue weighted by Gasteiger charge is -2.22. The molecule has 0 radical (unpaired) electrons. The third-order valence-electron chi connectivity index (χ3n) is 5.42. The van der Waals surface area contributed by atoms with Crippen LogP contribution in [0.3, 0.4) is 0 Å². The number of aromatic nitrogens is 2. The smallest absolute Gasteiger partial charge is 0.324 e. The molecule has 1 aromatic heterocycles. The molecule has 3 aromatic rings. The van der Waals surface area contributed by atoms with Crippen molar-refractivity contribution < 1.29 is 18.0 Å². The lowest BCUT2D eigenvalue weighted by atomic mass is 10.1. The predicted molar refractivity (Wildman–Crippen MR) is 114 cm³/mol. The Labute approximate surface area is 177 Å². The second-order valence-corrected chi connectivity index (χ2v) is 7.79. The summed E-state index contributed by atoms with van der Waals surface area (Å²) in [6.45, 7) is 8.88. The first-order chi connectivity index (χ1) is 14.4. The number of nitrogens with one attached hydrogen (secondary N) is 1. The van der Waals surface area contributed by atoms with Gasteiger partial charge in [-0.05, 0) is 74.6 Å². The molecule has 2 aromatic carbocycles. The van der Waals surface area contributed by atoms with Crippen molar-refractivity contribution in [1.82, 2.24) is 9.55 Å². The highest BCUT2D eigenvalue weighted by atomic mass is 19.4. The van der Waals surface area contributed by atoms with E-state index in [1.54, 1.807) is 32.9 Å². The van der Waals surface area contributed by atoms with Gasteiger partial charge in [0.05, 0.1) is 11.0 Å². The van der Waals surface area contributed by atoms with Crippen molar-refractivity contribution in [2.45, 2.75) is 53.3 Å². The van der Waals surface area contributed by atoms with Crippen LogP contribution in [0.1, 0.15) is 47.3 Å². The van der Waals surface area contributed by atoms with E-state index in [4.69, 9.17) is 0 Å². The third kappa shape index (κ3) is 4.33. The van der Waals surface area contributed by atoms with Crippen LogP contribution >= 0.6 is 0 Å². The molecule has 5 nitrogen and oxygen atoms in total. The van der Waals surface area contributed by atoms with Gasteiger partial charge in [-0.15, -0.1) is 0 Å². The maximum atomic E-state index is 13.6. The molecule has 1 heterocycles. The van der Waals surface area contributed by atoms with Gasteiger partial charge in [0, 0.05) is 5.69 Å². The van der Waals surface area contributed by atoms with Crippen molar-refractivity contribution in [3.05, 3.63) is 68.6 Å². The maximum Gasteiger partial charge on any atom is 0.438 e. The van der Waals surface area contributed by atoms with Crippen molar-refractivity contribution in [1.29, 1.82) is 0 Å². The predicted octanol–water partition coefficient (Wildman–Crippen LogP) is 5.24. The Balaban J connectivity index is 2.23. The summed E-state index contributed by atoms with van der Waals surface area (Å²) in [5.74, 6) is -0.558. The van der Waals surface area contributed by atoms with Crippen LogP contribution in [0.5, 0.6) is 0 Å². The van der Waals surface area contributed by atoms with Gasteiger partial charge in [0.15, 0.2) is 0 Å². The van der Waals surface area contributed by atoms with Gasteiger partial charge in [0.2, 0.25) is 11.6 Å². The van der Waals surface area contributed by atoms with Crippen LogP contribution < -0.4 is 10.9 Å². The first-order valence-electron chi connectivity index (χ1n) is 9.92. The zero-order chi connectivity index (χ0) is 23.1. The summed E-state index contributed by atoms with van der Waals surface area (Å²) >= 11 is 0. The van der Waals surface area contributed by atoms with Gasteiger partial charge in [-0.25, -0.2) is 4.98 Å². The van der Waals surface area contributed by atoms with Gasteiger partial charge in [-0.2, -0.15) is 13.2 Å². The highest BCUT2D eigenvalue weighted by molar-refractivity contribution is 5.95. The minimum atomic E-state index is -4.94. The van der Waals surface area contributed by atoms with Crippen molar-refractivity contribution in [3.63, 3.8) is 0 Å².